The number of nitrogens with zero attached hydrogens (tertiary/aromatic N) is 1. The Morgan fingerprint density at radius 3 is 2.67 bits per heavy atom. The van der Waals surface area contributed by atoms with Gasteiger partial charge in [0.25, 0.3) is 5.91 Å². The van der Waals surface area contributed by atoms with Crippen LogP contribution in [-0.4, -0.2) is 36.9 Å². The highest BCUT2D eigenvalue weighted by molar-refractivity contribution is 5.92. The number of rotatable bonds is 8. The predicted molar refractivity (Wildman–Crippen MR) is 123 cm³/mol. The smallest absolute Gasteiger partial charge is 0.289 e. The van der Waals surface area contributed by atoms with Gasteiger partial charge in [-0.25, -0.2) is 0 Å². The Balaban J connectivity index is 1.31. The summed E-state index contributed by atoms with van der Waals surface area (Å²) in [6, 6.07) is 18.9. The van der Waals surface area contributed by atoms with Crippen molar-refractivity contribution >= 4 is 11.8 Å². The molecule has 1 fully saturated rings. The van der Waals surface area contributed by atoms with Crippen molar-refractivity contribution in [3.63, 3.8) is 0 Å². The molecule has 0 spiro atoms. The van der Waals surface area contributed by atoms with Gasteiger partial charge in [-0.3, -0.25) is 9.59 Å². The number of hydrogen-bond donors (Lipinski definition) is 1. The Kier molecular flexibility index (Phi) is 7.29. The van der Waals surface area contributed by atoms with Crippen LogP contribution in [0.15, 0.2) is 71.3 Å². The number of carbonyl (C=O) groups is 2. The van der Waals surface area contributed by atoms with Crippen molar-refractivity contribution in [1.29, 1.82) is 0 Å². The zero-order valence-corrected chi connectivity index (χ0v) is 18.7. The van der Waals surface area contributed by atoms with Gasteiger partial charge in [0.2, 0.25) is 5.91 Å². The van der Waals surface area contributed by atoms with Gasteiger partial charge in [0.05, 0.1) is 19.3 Å². The second kappa shape index (κ2) is 10.7. The first-order valence-electron chi connectivity index (χ1n) is 11.1. The van der Waals surface area contributed by atoms with Gasteiger partial charge in [0, 0.05) is 19.6 Å². The Morgan fingerprint density at radius 1 is 1.06 bits per heavy atom. The third-order valence-electron chi connectivity index (χ3n) is 5.74. The van der Waals surface area contributed by atoms with Crippen molar-refractivity contribution in [2.45, 2.75) is 26.0 Å². The maximum Gasteiger partial charge on any atom is 0.289 e. The number of amides is 2. The molecule has 7 heteroatoms. The molecule has 1 aliphatic heterocycles. The molecule has 0 radical (unpaired) electrons. The molecule has 0 saturated carbocycles. The number of hydrogen-bond acceptors (Lipinski definition) is 5. The Bertz CT molecular complexity index is 1070. The zero-order valence-electron chi connectivity index (χ0n) is 18.7. The molecule has 1 N–H and O–H groups in total. The van der Waals surface area contributed by atoms with Crippen LogP contribution in [0.4, 0.5) is 0 Å². The summed E-state index contributed by atoms with van der Waals surface area (Å²) in [4.78, 5) is 27.0. The number of methoxy groups -OCH3 is 1. The van der Waals surface area contributed by atoms with Crippen LogP contribution in [0.2, 0.25) is 0 Å². The largest absolute Gasteiger partial charge is 0.493 e. The molecule has 172 valence electrons. The van der Waals surface area contributed by atoms with Gasteiger partial charge in [-0.2, -0.15) is 0 Å². The van der Waals surface area contributed by atoms with E-state index in [1.165, 1.54) is 6.26 Å². The zero-order chi connectivity index (χ0) is 23.0. The van der Waals surface area contributed by atoms with Crippen LogP contribution in [0, 0.1) is 5.92 Å². The number of benzene rings is 2. The van der Waals surface area contributed by atoms with E-state index in [1.807, 2.05) is 48.5 Å². The Labute approximate surface area is 193 Å². The van der Waals surface area contributed by atoms with Crippen LogP contribution >= 0.6 is 0 Å². The molecule has 2 amide bonds. The van der Waals surface area contributed by atoms with Crippen molar-refractivity contribution in [2.75, 3.05) is 20.2 Å². The lowest BCUT2D eigenvalue weighted by Gasteiger charge is -2.31. The number of likely N-dealkylation sites (tertiary alicyclic amines) is 1. The highest BCUT2D eigenvalue weighted by atomic mass is 16.5. The predicted octanol–water partition coefficient (Wildman–Crippen LogP) is 4.04. The molecule has 0 bridgehead atoms. The van der Waals surface area contributed by atoms with Crippen molar-refractivity contribution in [1.82, 2.24) is 10.2 Å². The highest BCUT2D eigenvalue weighted by Gasteiger charge is 2.29. The van der Waals surface area contributed by atoms with Crippen LogP contribution in [0.1, 0.15) is 34.5 Å². The maximum atomic E-state index is 12.8. The van der Waals surface area contributed by atoms with E-state index in [-0.39, 0.29) is 17.7 Å². The summed E-state index contributed by atoms with van der Waals surface area (Å²) in [6.45, 7) is 1.84. The van der Waals surface area contributed by atoms with Crippen molar-refractivity contribution in [2.24, 2.45) is 5.92 Å². The van der Waals surface area contributed by atoms with Crippen molar-refractivity contribution < 1.29 is 23.5 Å². The quantitative estimate of drug-likeness (QED) is 0.563. The fourth-order valence-corrected chi connectivity index (χ4v) is 3.94. The van der Waals surface area contributed by atoms with Crippen LogP contribution in [-0.2, 0) is 17.9 Å². The summed E-state index contributed by atoms with van der Waals surface area (Å²) in [5, 5.41) is 2.99. The minimum atomic E-state index is -0.243. The fraction of sp³-hybridized carbons (Fsp3) is 0.308. The summed E-state index contributed by atoms with van der Waals surface area (Å²) in [5.74, 6) is 1.09. The lowest BCUT2D eigenvalue weighted by molar-refractivity contribution is -0.126. The van der Waals surface area contributed by atoms with Crippen molar-refractivity contribution in [3.05, 3.63) is 83.8 Å². The SMILES string of the molecule is COc1cc(CNC(=O)C2CCCN(C(=O)c3ccco3)C2)ccc1OCc1ccccc1. The second-order valence-electron chi connectivity index (χ2n) is 8.04. The Hall–Kier alpha value is -3.74. The highest BCUT2D eigenvalue weighted by Crippen LogP contribution is 2.29. The molecule has 1 aliphatic rings. The first-order valence-corrected chi connectivity index (χ1v) is 11.1. The summed E-state index contributed by atoms with van der Waals surface area (Å²) in [7, 11) is 1.60. The normalized spacial score (nSPS) is 15.7. The van der Waals surface area contributed by atoms with Gasteiger partial charge in [0.1, 0.15) is 6.61 Å². The van der Waals surface area contributed by atoms with Crippen LogP contribution in [0.5, 0.6) is 11.5 Å². The molecule has 1 atom stereocenters. The summed E-state index contributed by atoms with van der Waals surface area (Å²) in [6.07, 6.45) is 3.02. The molecule has 0 aliphatic carbocycles. The lowest BCUT2D eigenvalue weighted by atomic mass is 9.96. The molecule has 3 aromatic rings. The Morgan fingerprint density at radius 2 is 1.91 bits per heavy atom. The fourth-order valence-electron chi connectivity index (χ4n) is 3.94. The molecule has 2 aromatic carbocycles. The van der Waals surface area contributed by atoms with Crippen molar-refractivity contribution in [3.8, 4) is 11.5 Å². The van der Waals surface area contributed by atoms with Gasteiger partial charge >= 0.3 is 0 Å². The molecular weight excluding hydrogens is 420 g/mol. The minimum Gasteiger partial charge on any atom is -0.493 e. The van der Waals surface area contributed by atoms with E-state index in [1.54, 1.807) is 24.1 Å². The topological polar surface area (TPSA) is 81.0 Å². The molecule has 1 aromatic heterocycles. The summed E-state index contributed by atoms with van der Waals surface area (Å²) < 4.78 is 16.6. The lowest BCUT2D eigenvalue weighted by Crippen LogP contribution is -2.45. The third kappa shape index (κ3) is 5.74. The van der Waals surface area contributed by atoms with Crippen LogP contribution in [0.25, 0.3) is 0 Å². The third-order valence-corrected chi connectivity index (χ3v) is 5.74. The number of piperidine rings is 1. The first-order chi connectivity index (χ1) is 16.1. The number of furan rings is 1. The summed E-state index contributed by atoms with van der Waals surface area (Å²) in [5.41, 5.74) is 1.98. The van der Waals surface area contributed by atoms with E-state index in [0.29, 0.717) is 43.5 Å². The molecule has 33 heavy (non-hydrogen) atoms. The molecule has 4 rings (SSSR count). The number of ether oxygens (including phenoxy) is 2. The standard InChI is InChI=1S/C26H28N2O5/c1-31-24-15-20(11-12-22(24)33-18-19-7-3-2-4-8-19)16-27-25(29)21-9-5-13-28(17-21)26(30)23-10-6-14-32-23/h2-4,6-8,10-12,14-15,21H,5,9,13,16-18H2,1H3,(H,27,29). The molecule has 2 heterocycles. The van der Waals surface area contributed by atoms with E-state index in [0.717, 1.165) is 24.0 Å². The average molecular weight is 449 g/mol. The second-order valence-corrected chi connectivity index (χ2v) is 8.04. The first kappa shape index (κ1) is 22.5. The minimum absolute atomic E-state index is 0.0599. The molecule has 1 saturated heterocycles. The van der Waals surface area contributed by atoms with Crippen LogP contribution in [0.3, 0.4) is 0 Å². The molecule has 1 unspecified atom stereocenters. The van der Waals surface area contributed by atoms with E-state index < -0.39 is 0 Å². The maximum absolute atomic E-state index is 12.8. The van der Waals surface area contributed by atoms with Gasteiger partial charge in [-0.05, 0) is 48.2 Å². The van der Waals surface area contributed by atoms with E-state index in [9.17, 15) is 9.59 Å². The van der Waals surface area contributed by atoms with E-state index in [2.05, 4.69) is 5.32 Å². The molecule has 7 nitrogen and oxygen atoms in total. The average Bonchev–Trinajstić information content (AvgIpc) is 3.41. The van der Waals surface area contributed by atoms with Gasteiger partial charge in [-0.15, -0.1) is 0 Å². The van der Waals surface area contributed by atoms with Gasteiger partial charge in [-0.1, -0.05) is 36.4 Å². The van der Waals surface area contributed by atoms with E-state index >= 15 is 0 Å². The van der Waals surface area contributed by atoms with E-state index in [4.69, 9.17) is 13.9 Å². The monoisotopic (exact) mass is 448 g/mol. The van der Waals surface area contributed by atoms with Gasteiger partial charge < -0.3 is 24.1 Å². The number of nitrogens with one attached hydrogen (secondary N) is 1. The van der Waals surface area contributed by atoms with Crippen LogP contribution < -0.4 is 14.8 Å². The molecular formula is C26H28N2O5. The summed E-state index contributed by atoms with van der Waals surface area (Å²) >= 11 is 0. The van der Waals surface area contributed by atoms with Gasteiger partial charge in [0.15, 0.2) is 17.3 Å². The number of carbonyl (C=O) groups excluding carboxylic acids is 2.